The van der Waals surface area contributed by atoms with Crippen molar-refractivity contribution in [2.75, 3.05) is 0 Å². The van der Waals surface area contributed by atoms with Gasteiger partial charge in [0.15, 0.2) is 10.9 Å². The number of pyridine rings is 4. The summed E-state index contributed by atoms with van der Waals surface area (Å²) in [5, 5.41) is 1.94. The molecule has 0 aliphatic rings. The summed E-state index contributed by atoms with van der Waals surface area (Å²) in [7, 11) is 0. The number of rotatable bonds is 0. The molecule has 5 aromatic rings. The molecule has 1 aromatic carbocycles. The minimum atomic E-state index is -0.139. The fraction of sp³-hybridized carbons (Fsp3) is 0. The highest BCUT2D eigenvalue weighted by Crippen LogP contribution is 2.20. The van der Waals surface area contributed by atoms with Gasteiger partial charge in [0, 0.05) is 35.6 Å². The van der Waals surface area contributed by atoms with E-state index < -0.39 is 0 Å². The van der Waals surface area contributed by atoms with Crippen molar-refractivity contribution >= 4 is 43.6 Å². The Hall–Kier alpha value is -3.54. The van der Waals surface area contributed by atoms with E-state index in [0.717, 1.165) is 0 Å². The van der Waals surface area contributed by atoms with Crippen molar-refractivity contribution in [1.82, 2.24) is 19.9 Å². The van der Waals surface area contributed by atoms with Crippen LogP contribution in [0.4, 0.5) is 0 Å². The lowest BCUT2D eigenvalue weighted by atomic mass is 10.1. The number of benzene rings is 1. The van der Waals surface area contributed by atoms with Gasteiger partial charge in [-0.25, -0.2) is 0 Å². The molecular formula is C18H10N4O2. The number of hydrogen-bond acceptors (Lipinski definition) is 4. The molecule has 6 heteroatoms. The Morgan fingerprint density at radius 2 is 1.12 bits per heavy atom. The SMILES string of the molecule is O=c1c2cnccc2[nH]c2cc3[nH]c4ccncc4c(=O)c3cc12. The van der Waals surface area contributed by atoms with Crippen LogP contribution >= 0.6 is 0 Å². The molecule has 0 saturated carbocycles. The molecule has 0 spiro atoms. The molecule has 114 valence electrons. The fourth-order valence-electron chi connectivity index (χ4n) is 3.13. The van der Waals surface area contributed by atoms with E-state index in [1.54, 1.807) is 36.7 Å². The normalized spacial score (nSPS) is 11.7. The number of nitrogens with one attached hydrogen (secondary N) is 2. The maximum atomic E-state index is 12.7. The highest BCUT2D eigenvalue weighted by atomic mass is 16.1. The van der Waals surface area contributed by atoms with E-state index in [-0.39, 0.29) is 10.9 Å². The van der Waals surface area contributed by atoms with E-state index in [2.05, 4.69) is 19.9 Å². The van der Waals surface area contributed by atoms with Crippen molar-refractivity contribution in [2.45, 2.75) is 0 Å². The number of fused-ring (bicyclic) bond motifs is 4. The Balaban J connectivity index is 2.05. The van der Waals surface area contributed by atoms with Gasteiger partial charge < -0.3 is 9.97 Å². The van der Waals surface area contributed by atoms with Gasteiger partial charge in [0.2, 0.25) is 0 Å². The molecular weight excluding hydrogens is 304 g/mol. The largest absolute Gasteiger partial charge is 0.354 e. The molecule has 0 aliphatic carbocycles. The third-order valence-corrected chi connectivity index (χ3v) is 4.32. The Morgan fingerprint density at radius 3 is 1.62 bits per heavy atom. The molecule has 4 aromatic heterocycles. The summed E-state index contributed by atoms with van der Waals surface area (Å²) in [6.07, 6.45) is 6.33. The van der Waals surface area contributed by atoms with Crippen molar-refractivity contribution in [2.24, 2.45) is 0 Å². The van der Waals surface area contributed by atoms with Crippen LogP contribution in [0.1, 0.15) is 0 Å². The van der Waals surface area contributed by atoms with Crippen LogP contribution in [0.5, 0.6) is 0 Å². The average Bonchev–Trinajstić information content (AvgIpc) is 2.61. The predicted octanol–water partition coefficient (Wildman–Crippen LogP) is 2.47. The van der Waals surface area contributed by atoms with Crippen molar-refractivity contribution in [3.05, 3.63) is 69.5 Å². The van der Waals surface area contributed by atoms with Crippen LogP contribution in [-0.2, 0) is 0 Å². The summed E-state index contributed by atoms with van der Waals surface area (Å²) in [5.41, 5.74) is 2.51. The van der Waals surface area contributed by atoms with Gasteiger partial charge in [-0.1, -0.05) is 0 Å². The van der Waals surface area contributed by atoms with Gasteiger partial charge in [0.25, 0.3) is 0 Å². The molecule has 0 bridgehead atoms. The van der Waals surface area contributed by atoms with Gasteiger partial charge in [0.1, 0.15) is 0 Å². The molecule has 0 radical (unpaired) electrons. The number of H-pyrrole nitrogens is 2. The highest BCUT2D eigenvalue weighted by molar-refractivity contribution is 6.02. The zero-order valence-corrected chi connectivity index (χ0v) is 12.3. The minimum Gasteiger partial charge on any atom is -0.354 e. The molecule has 0 atom stereocenters. The lowest BCUT2D eigenvalue weighted by Crippen LogP contribution is -2.08. The summed E-state index contributed by atoms with van der Waals surface area (Å²) in [5.74, 6) is 0. The van der Waals surface area contributed by atoms with Crippen molar-refractivity contribution in [3.8, 4) is 0 Å². The molecule has 2 N–H and O–H groups in total. The predicted molar refractivity (Wildman–Crippen MR) is 93.3 cm³/mol. The van der Waals surface area contributed by atoms with E-state index in [1.807, 2.05) is 0 Å². The summed E-state index contributed by atoms with van der Waals surface area (Å²) in [6, 6.07) is 6.96. The summed E-state index contributed by atoms with van der Waals surface area (Å²) >= 11 is 0. The highest BCUT2D eigenvalue weighted by Gasteiger charge is 2.10. The average molecular weight is 314 g/mol. The lowest BCUT2D eigenvalue weighted by Gasteiger charge is -2.06. The molecule has 6 nitrogen and oxygen atoms in total. The van der Waals surface area contributed by atoms with Crippen molar-refractivity contribution in [3.63, 3.8) is 0 Å². The maximum absolute atomic E-state index is 12.7. The Morgan fingerprint density at radius 1 is 0.625 bits per heavy atom. The summed E-state index contributed by atoms with van der Waals surface area (Å²) in [6.45, 7) is 0. The van der Waals surface area contributed by atoms with Crippen LogP contribution < -0.4 is 10.9 Å². The van der Waals surface area contributed by atoms with E-state index in [4.69, 9.17) is 0 Å². The Kier molecular flexibility index (Phi) is 2.42. The molecule has 0 saturated heterocycles. The molecule has 0 fully saturated rings. The summed E-state index contributed by atoms with van der Waals surface area (Å²) in [4.78, 5) is 39.9. The van der Waals surface area contributed by atoms with Gasteiger partial charge in [-0.15, -0.1) is 0 Å². The summed E-state index contributed by atoms with van der Waals surface area (Å²) < 4.78 is 0. The van der Waals surface area contributed by atoms with Crippen LogP contribution in [0.25, 0.3) is 43.6 Å². The fourth-order valence-corrected chi connectivity index (χ4v) is 3.13. The molecule has 24 heavy (non-hydrogen) atoms. The van der Waals surface area contributed by atoms with Gasteiger partial charge in [-0.05, 0) is 24.3 Å². The minimum absolute atomic E-state index is 0.139. The third kappa shape index (κ3) is 1.65. The van der Waals surface area contributed by atoms with Gasteiger partial charge >= 0.3 is 0 Å². The quantitative estimate of drug-likeness (QED) is 0.430. The van der Waals surface area contributed by atoms with Crippen LogP contribution in [0, 0.1) is 0 Å². The zero-order chi connectivity index (χ0) is 16.3. The third-order valence-electron chi connectivity index (χ3n) is 4.32. The second-order valence-corrected chi connectivity index (χ2v) is 5.69. The molecule has 4 heterocycles. The Bertz CT molecular complexity index is 1290. The van der Waals surface area contributed by atoms with E-state index in [9.17, 15) is 9.59 Å². The van der Waals surface area contributed by atoms with Crippen LogP contribution in [0.15, 0.2) is 58.6 Å². The second-order valence-electron chi connectivity index (χ2n) is 5.69. The van der Waals surface area contributed by atoms with Crippen molar-refractivity contribution in [1.29, 1.82) is 0 Å². The van der Waals surface area contributed by atoms with Crippen LogP contribution in [0.2, 0.25) is 0 Å². The first-order chi connectivity index (χ1) is 11.7. The standard InChI is InChI=1S/C18H10N4O2/c23-17-9-5-10-16(22-14-2-4-20-8-12(14)18(10)24)6-15(9)21-13-1-3-19-7-11(13)17/h1-8H,(H,21,23)(H,22,24). The maximum Gasteiger partial charge on any atom is 0.198 e. The second kappa shape index (κ2) is 4.48. The van der Waals surface area contributed by atoms with Gasteiger partial charge in [-0.3, -0.25) is 19.6 Å². The van der Waals surface area contributed by atoms with E-state index >= 15 is 0 Å². The lowest BCUT2D eigenvalue weighted by molar-refractivity contribution is 1.33. The first kappa shape index (κ1) is 13.0. The van der Waals surface area contributed by atoms with Crippen molar-refractivity contribution < 1.29 is 0 Å². The van der Waals surface area contributed by atoms with Crippen LogP contribution in [-0.4, -0.2) is 19.9 Å². The molecule has 0 amide bonds. The molecule has 5 rings (SSSR count). The zero-order valence-electron chi connectivity index (χ0n) is 12.3. The first-order valence-electron chi connectivity index (χ1n) is 7.42. The number of aromatic amines is 2. The van der Waals surface area contributed by atoms with E-state index in [1.165, 1.54) is 12.4 Å². The monoisotopic (exact) mass is 314 g/mol. The topological polar surface area (TPSA) is 91.5 Å². The Labute approximate surface area is 133 Å². The number of aromatic nitrogens is 4. The number of hydrogen-bond donors (Lipinski definition) is 2. The van der Waals surface area contributed by atoms with E-state index in [0.29, 0.717) is 43.6 Å². The molecule has 0 aliphatic heterocycles. The first-order valence-corrected chi connectivity index (χ1v) is 7.42. The number of nitrogens with zero attached hydrogens (tertiary/aromatic N) is 2. The van der Waals surface area contributed by atoms with Crippen LogP contribution in [0.3, 0.4) is 0 Å². The smallest absolute Gasteiger partial charge is 0.198 e. The molecule has 0 unspecified atom stereocenters. The van der Waals surface area contributed by atoms with Gasteiger partial charge in [-0.2, -0.15) is 0 Å². The van der Waals surface area contributed by atoms with Gasteiger partial charge in [0.05, 0.1) is 32.8 Å².